The molecular formula is C17H25N5. The zero-order valence-corrected chi connectivity index (χ0v) is 13.4. The van der Waals surface area contributed by atoms with Crippen molar-refractivity contribution >= 4 is 5.95 Å². The third-order valence-corrected chi connectivity index (χ3v) is 5.09. The third kappa shape index (κ3) is 2.36. The second-order valence-electron chi connectivity index (χ2n) is 6.87. The molecule has 0 aromatic carbocycles. The molecule has 2 aliphatic heterocycles. The lowest BCUT2D eigenvalue weighted by Gasteiger charge is -2.18. The molecule has 0 spiro atoms. The fraction of sp³-hybridized carbons (Fsp3) is 0.706. The average Bonchev–Trinajstić information content (AvgIpc) is 3.05. The monoisotopic (exact) mass is 299 g/mol. The van der Waals surface area contributed by atoms with Gasteiger partial charge in [0.2, 0.25) is 5.95 Å². The summed E-state index contributed by atoms with van der Waals surface area (Å²) in [5.74, 6) is 3.71. The highest BCUT2D eigenvalue weighted by Crippen LogP contribution is 2.43. The summed E-state index contributed by atoms with van der Waals surface area (Å²) in [6.45, 7) is 3.08. The molecule has 0 atom stereocenters. The number of hydrogen-bond acceptors (Lipinski definition) is 4. The molecule has 4 aliphatic rings. The molecule has 0 amide bonds. The van der Waals surface area contributed by atoms with E-state index >= 15 is 0 Å². The second-order valence-corrected chi connectivity index (χ2v) is 6.87. The van der Waals surface area contributed by atoms with Crippen LogP contribution in [0, 0.1) is 0 Å². The fourth-order valence-electron chi connectivity index (χ4n) is 3.60. The highest BCUT2D eigenvalue weighted by atomic mass is 15.2. The Morgan fingerprint density at radius 1 is 1.05 bits per heavy atom. The van der Waals surface area contributed by atoms with Gasteiger partial charge in [-0.1, -0.05) is 26.2 Å². The Morgan fingerprint density at radius 3 is 2.50 bits per heavy atom. The Morgan fingerprint density at radius 2 is 1.82 bits per heavy atom. The molecular weight excluding hydrogens is 274 g/mol. The van der Waals surface area contributed by atoms with E-state index in [4.69, 9.17) is 20.7 Å². The van der Waals surface area contributed by atoms with Crippen LogP contribution >= 0.6 is 0 Å². The minimum absolute atomic E-state index is 0.523. The van der Waals surface area contributed by atoms with Gasteiger partial charge >= 0.3 is 0 Å². The number of nitrogens with two attached hydrogens (primary N) is 1. The highest BCUT2D eigenvalue weighted by Gasteiger charge is 2.33. The summed E-state index contributed by atoms with van der Waals surface area (Å²) in [6.07, 6.45) is 9.71. The molecule has 4 rings (SSSR count). The molecule has 5 heteroatoms. The van der Waals surface area contributed by atoms with Crippen molar-refractivity contribution in [2.24, 2.45) is 0 Å². The van der Waals surface area contributed by atoms with Gasteiger partial charge in [-0.2, -0.15) is 0 Å². The van der Waals surface area contributed by atoms with Crippen molar-refractivity contribution in [3.05, 3.63) is 11.5 Å². The summed E-state index contributed by atoms with van der Waals surface area (Å²) >= 11 is 0. The van der Waals surface area contributed by atoms with Crippen molar-refractivity contribution in [1.29, 1.82) is 0 Å². The van der Waals surface area contributed by atoms with E-state index in [0.717, 1.165) is 42.4 Å². The minimum atomic E-state index is 0.523. The first-order valence-corrected chi connectivity index (χ1v) is 8.81. The lowest BCUT2D eigenvalue weighted by atomic mass is 10.0. The summed E-state index contributed by atoms with van der Waals surface area (Å²) in [4.78, 5) is 14.5. The van der Waals surface area contributed by atoms with Crippen LogP contribution in [0.3, 0.4) is 0 Å². The van der Waals surface area contributed by atoms with Crippen LogP contribution in [0.4, 0.5) is 5.95 Å². The summed E-state index contributed by atoms with van der Waals surface area (Å²) in [6, 6.07) is 0. The van der Waals surface area contributed by atoms with Crippen LogP contribution in [-0.4, -0.2) is 19.5 Å². The molecule has 0 radical (unpaired) electrons. The molecule has 0 unspecified atom stereocenters. The lowest BCUT2D eigenvalue weighted by Crippen LogP contribution is -2.16. The van der Waals surface area contributed by atoms with Gasteiger partial charge in [0.1, 0.15) is 11.5 Å². The van der Waals surface area contributed by atoms with E-state index in [0.29, 0.717) is 17.8 Å². The van der Waals surface area contributed by atoms with Gasteiger partial charge < -0.3 is 5.73 Å². The Hall–Kier alpha value is -1.65. The number of hydrogen-bond donors (Lipinski definition) is 1. The van der Waals surface area contributed by atoms with E-state index in [1.54, 1.807) is 0 Å². The number of imidazole rings is 1. The number of fused-ring (bicyclic) bond motifs is 1. The number of rotatable bonds is 5. The number of anilines is 1. The summed E-state index contributed by atoms with van der Waals surface area (Å²) in [5, 5.41) is 0. The molecule has 22 heavy (non-hydrogen) atoms. The number of nitrogens with zero attached hydrogens (tertiary/aromatic N) is 4. The standard InChI is InChI=1S/C17H25N5/c1-2-3-10-22-16-14(19-15(21-16)12-8-9-12)13(20-17(22)18)11-6-4-5-7-11/h11-12H,2-10H2,1H3,(H2,18,20). The van der Waals surface area contributed by atoms with Gasteiger partial charge in [0.15, 0.2) is 5.82 Å². The van der Waals surface area contributed by atoms with Crippen molar-refractivity contribution in [3.63, 3.8) is 0 Å². The summed E-state index contributed by atoms with van der Waals surface area (Å²) in [7, 11) is 0. The Balaban J connectivity index is 1.82. The molecule has 0 saturated heterocycles. The molecule has 2 saturated carbocycles. The lowest BCUT2D eigenvalue weighted by molar-refractivity contribution is 0.613. The van der Waals surface area contributed by atoms with Gasteiger partial charge in [0.05, 0.1) is 5.69 Å². The number of aromatic nitrogens is 4. The van der Waals surface area contributed by atoms with E-state index in [2.05, 4.69) is 11.5 Å². The van der Waals surface area contributed by atoms with Crippen LogP contribution in [0.5, 0.6) is 0 Å². The SMILES string of the molecule is CCCCn1c(N)nc(C2CCCC2)c2nc(C3CC3)nc1-2. The molecule has 5 nitrogen and oxygen atoms in total. The van der Waals surface area contributed by atoms with Crippen LogP contribution in [-0.2, 0) is 6.54 Å². The Kier molecular flexibility index (Phi) is 3.51. The molecule has 2 heterocycles. The molecule has 2 fully saturated rings. The van der Waals surface area contributed by atoms with Gasteiger partial charge in [-0.15, -0.1) is 0 Å². The van der Waals surface area contributed by atoms with Gasteiger partial charge in [-0.05, 0) is 32.1 Å². The predicted octanol–water partition coefficient (Wildman–Crippen LogP) is 3.70. The Labute approximate surface area is 131 Å². The van der Waals surface area contributed by atoms with E-state index in [1.807, 2.05) is 0 Å². The maximum Gasteiger partial charge on any atom is 0.202 e. The third-order valence-electron chi connectivity index (χ3n) is 5.09. The average molecular weight is 299 g/mol. The first-order valence-electron chi connectivity index (χ1n) is 8.81. The van der Waals surface area contributed by atoms with Crippen LogP contribution < -0.4 is 5.73 Å². The molecule has 2 N–H and O–H groups in total. The molecule has 0 aromatic heterocycles. The van der Waals surface area contributed by atoms with Crippen molar-refractivity contribution < 1.29 is 0 Å². The van der Waals surface area contributed by atoms with Crippen LogP contribution in [0.25, 0.3) is 11.5 Å². The zero-order valence-electron chi connectivity index (χ0n) is 13.4. The molecule has 0 bridgehead atoms. The van der Waals surface area contributed by atoms with E-state index < -0.39 is 0 Å². The predicted molar refractivity (Wildman–Crippen MR) is 86.9 cm³/mol. The molecule has 2 aliphatic carbocycles. The van der Waals surface area contributed by atoms with Gasteiger partial charge in [-0.25, -0.2) is 15.0 Å². The van der Waals surface area contributed by atoms with E-state index in [1.165, 1.54) is 38.5 Å². The van der Waals surface area contributed by atoms with Crippen LogP contribution in [0.2, 0.25) is 0 Å². The van der Waals surface area contributed by atoms with Crippen molar-refractivity contribution in [1.82, 2.24) is 19.5 Å². The zero-order chi connectivity index (χ0) is 15.1. The first kappa shape index (κ1) is 14.0. The normalized spacial score (nSPS) is 19.3. The summed E-state index contributed by atoms with van der Waals surface area (Å²) in [5.41, 5.74) is 8.42. The summed E-state index contributed by atoms with van der Waals surface area (Å²) < 4.78 is 2.08. The van der Waals surface area contributed by atoms with E-state index in [9.17, 15) is 0 Å². The smallest absolute Gasteiger partial charge is 0.202 e. The first-order chi connectivity index (χ1) is 10.8. The van der Waals surface area contributed by atoms with Gasteiger partial charge in [-0.3, -0.25) is 4.57 Å². The van der Waals surface area contributed by atoms with Crippen molar-refractivity contribution in [3.8, 4) is 11.5 Å². The van der Waals surface area contributed by atoms with Crippen molar-refractivity contribution in [2.75, 3.05) is 5.73 Å². The van der Waals surface area contributed by atoms with Crippen LogP contribution in [0.1, 0.15) is 81.6 Å². The maximum absolute atomic E-state index is 6.28. The quantitative estimate of drug-likeness (QED) is 0.914. The van der Waals surface area contributed by atoms with Gasteiger partial charge in [0, 0.05) is 18.4 Å². The number of unbranched alkanes of at least 4 members (excludes halogenated alkanes) is 1. The van der Waals surface area contributed by atoms with Gasteiger partial charge in [0.25, 0.3) is 0 Å². The fourth-order valence-corrected chi connectivity index (χ4v) is 3.60. The maximum atomic E-state index is 6.28. The van der Waals surface area contributed by atoms with Crippen LogP contribution in [0.15, 0.2) is 0 Å². The molecule has 0 aromatic rings. The topological polar surface area (TPSA) is 69.6 Å². The minimum Gasteiger partial charge on any atom is -0.369 e. The Bertz CT molecular complexity index is 637. The second kappa shape index (κ2) is 5.52. The number of nitrogen functional groups attached to an aromatic ring is 1. The van der Waals surface area contributed by atoms with E-state index in [-0.39, 0.29) is 0 Å². The highest BCUT2D eigenvalue weighted by molar-refractivity contribution is 5.60. The molecule has 118 valence electrons. The largest absolute Gasteiger partial charge is 0.369 e. The van der Waals surface area contributed by atoms with Crippen molar-refractivity contribution in [2.45, 2.75) is 76.7 Å².